The first-order chi connectivity index (χ1) is 9.10. The average Bonchev–Trinajstić information content (AvgIpc) is 2.40. The zero-order valence-corrected chi connectivity index (χ0v) is 12.0. The Bertz CT molecular complexity index is 613. The van der Waals surface area contributed by atoms with E-state index >= 15 is 0 Å². The van der Waals surface area contributed by atoms with Gasteiger partial charge in [-0.1, -0.05) is 22.0 Å². The standard InChI is InChI=1S/C14H14BrN3O/c1-17-14(19)9-5-6-13(12(16)7-9)18-11-4-2-3-10(15)8-11/h2-8,18H,16H2,1H3,(H,17,19). The second-order valence-electron chi connectivity index (χ2n) is 4.02. The molecule has 0 saturated carbocycles. The lowest BCUT2D eigenvalue weighted by Crippen LogP contribution is -2.17. The molecule has 0 aromatic heterocycles. The molecule has 2 aromatic rings. The van der Waals surface area contributed by atoms with Gasteiger partial charge in [-0.3, -0.25) is 4.79 Å². The van der Waals surface area contributed by atoms with E-state index in [4.69, 9.17) is 5.73 Å². The number of anilines is 3. The van der Waals surface area contributed by atoms with Crippen LogP contribution >= 0.6 is 15.9 Å². The van der Waals surface area contributed by atoms with Gasteiger partial charge < -0.3 is 16.4 Å². The summed E-state index contributed by atoms with van der Waals surface area (Å²) in [6, 6.07) is 12.9. The highest BCUT2D eigenvalue weighted by atomic mass is 79.9. The summed E-state index contributed by atoms with van der Waals surface area (Å²) in [6.45, 7) is 0. The minimum Gasteiger partial charge on any atom is -0.397 e. The fourth-order valence-electron chi connectivity index (χ4n) is 1.68. The van der Waals surface area contributed by atoms with Crippen LogP contribution in [0, 0.1) is 0 Å². The second kappa shape index (κ2) is 5.75. The van der Waals surface area contributed by atoms with Gasteiger partial charge in [0.15, 0.2) is 0 Å². The number of hydrogen-bond donors (Lipinski definition) is 3. The lowest BCUT2D eigenvalue weighted by atomic mass is 10.1. The third-order valence-corrected chi connectivity index (χ3v) is 3.14. The first-order valence-corrected chi connectivity index (χ1v) is 6.53. The molecule has 1 amide bonds. The van der Waals surface area contributed by atoms with Crippen molar-refractivity contribution < 1.29 is 4.79 Å². The Morgan fingerprint density at radius 3 is 2.63 bits per heavy atom. The molecule has 4 nitrogen and oxygen atoms in total. The van der Waals surface area contributed by atoms with Crippen molar-refractivity contribution >= 4 is 38.9 Å². The van der Waals surface area contributed by atoms with Crippen molar-refractivity contribution in [1.82, 2.24) is 5.32 Å². The highest BCUT2D eigenvalue weighted by Crippen LogP contribution is 2.25. The summed E-state index contributed by atoms with van der Waals surface area (Å²) in [5.41, 5.74) is 8.71. The third-order valence-electron chi connectivity index (χ3n) is 2.64. The molecule has 0 aliphatic carbocycles. The van der Waals surface area contributed by atoms with Gasteiger partial charge in [0.25, 0.3) is 5.91 Å². The predicted octanol–water partition coefficient (Wildman–Crippen LogP) is 3.13. The van der Waals surface area contributed by atoms with Gasteiger partial charge >= 0.3 is 0 Å². The van der Waals surface area contributed by atoms with Crippen LogP contribution in [0.15, 0.2) is 46.9 Å². The fraction of sp³-hybridized carbons (Fsp3) is 0.0714. The van der Waals surface area contributed by atoms with Gasteiger partial charge in [0.2, 0.25) is 0 Å². The zero-order chi connectivity index (χ0) is 13.8. The number of rotatable bonds is 3. The van der Waals surface area contributed by atoms with Crippen LogP contribution in [0.3, 0.4) is 0 Å². The topological polar surface area (TPSA) is 67.2 Å². The van der Waals surface area contributed by atoms with E-state index < -0.39 is 0 Å². The van der Waals surface area contributed by atoms with E-state index in [1.54, 1.807) is 25.2 Å². The number of nitrogen functional groups attached to an aromatic ring is 1. The normalized spacial score (nSPS) is 10.0. The SMILES string of the molecule is CNC(=O)c1ccc(Nc2cccc(Br)c2)c(N)c1. The van der Waals surface area contributed by atoms with Gasteiger partial charge in [0.1, 0.15) is 0 Å². The van der Waals surface area contributed by atoms with Crippen molar-refractivity contribution in [1.29, 1.82) is 0 Å². The van der Waals surface area contributed by atoms with Crippen LogP contribution in [0.2, 0.25) is 0 Å². The molecule has 0 bridgehead atoms. The van der Waals surface area contributed by atoms with Crippen LogP contribution in [0.4, 0.5) is 17.1 Å². The van der Waals surface area contributed by atoms with Crippen molar-refractivity contribution in [3.05, 3.63) is 52.5 Å². The predicted molar refractivity (Wildman–Crippen MR) is 81.7 cm³/mol. The number of benzene rings is 2. The Labute approximate surface area is 120 Å². The van der Waals surface area contributed by atoms with Crippen molar-refractivity contribution in [2.75, 3.05) is 18.1 Å². The molecule has 0 heterocycles. The van der Waals surface area contributed by atoms with E-state index in [9.17, 15) is 4.79 Å². The number of hydrogen-bond acceptors (Lipinski definition) is 3. The van der Waals surface area contributed by atoms with Gasteiger partial charge in [-0.15, -0.1) is 0 Å². The maximum absolute atomic E-state index is 11.5. The Kier molecular flexibility index (Phi) is 4.06. The van der Waals surface area contributed by atoms with Crippen molar-refractivity contribution in [2.45, 2.75) is 0 Å². The lowest BCUT2D eigenvalue weighted by Gasteiger charge is -2.11. The molecule has 19 heavy (non-hydrogen) atoms. The quantitative estimate of drug-likeness (QED) is 0.761. The molecular weight excluding hydrogens is 306 g/mol. The average molecular weight is 320 g/mol. The van der Waals surface area contributed by atoms with E-state index in [1.807, 2.05) is 24.3 Å². The largest absolute Gasteiger partial charge is 0.397 e. The molecule has 2 rings (SSSR count). The molecule has 98 valence electrons. The van der Waals surface area contributed by atoms with Crippen LogP contribution < -0.4 is 16.4 Å². The van der Waals surface area contributed by atoms with Crippen LogP contribution in [-0.2, 0) is 0 Å². The van der Waals surface area contributed by atoms with E-state index in [1.165, 1.54) is 0 Å². The number of carbonyl (C=O) groups is 1. The zero-order valence-electron chi connectivity index (χ0n) is 10.4. The van der Waals surface area contributed by atoms with Gasteiger partial charge in [-0.05, 0) is 36.4 Å². The van der Waals surface area contributed by atoms with Crippen LogP contribution in [-0.4, -0.2) is 13.0 Å². The monoisotopic (exact) mass is 319 g/mol. The highest BCUT2D eigenvalue weighted by molar-refractivity contribution is 9.10. The Hall–Kier alpha value is -2.01. The molecule has 0 saturated heterocycles. The molecule has 5 heteroatoms. The van der Waals surface area contributed by atoms with Crippen molar-refractivity contribution in [2.24, 2.45) is 0 Å². The van der Waals surface area contributed by atoms with E-state index in [0.717, 1.165) is 15.8 Å². The van der Waals surface area contributed by atoms with Gasteiger partial charge in [-0.2, -0.15) is 0 Å². The summed E-state index contributed by atoms with van der Waals surface area (Å²) in [5, 5.41) is 5.77. The fourth-order valence-corrected chi connectivity index (χ4v) is 2.08. The van der Waals surface area contributed by atoms with Gasteiger partial charge in [-0.25, -0.2) is 0 Å². The summed E-state index contributed by atoms with van der Waals surface area (Å²) < 4.78 is 0.984. The number of halogens is 1. The Morgan fingerprint density at radius 1 is 1.21 bits per heavy atom. The highest BCUT2D eigenvalue weighted by Gasteiger charge is 2.06. The maximum atomic E-state index is 11.5. The minimum atomic E-state index is -0.152. The molecule has 0 spiro atoms. The van der Waals surface area contributed by atoms with E-state index in [2.05, 4.69) is 26.6 Å². The summed E-state index contributed by atoms with van der Waals surface area (Å²) >= 11 is 3.41. The van der Waals surface area contributed by atoms with Crippen LogP contribution in [0.5, 0.6) is 0 Å². The van der Waals surface area contributed by atoms with E-state index in [0.29, 0.717) is 11.3 Å². The number of nitrogens with one attached hydrogen (secondary N) is 2. The van der Waals surface area contributed by atoms with E-state index in [-0.39, 0.29) is 5.91 Å². The van der Waals surface area contributed by atoms with Crippen LogP contribution in [0.25, 0.3) is 0 Å². The van der Waals surface area contributed by atoms with Crippen molar-refractivity contribution in [3.63, 3.8) is 0 Å². The van der Waals surface area contributed by atoms with Crippen molar-refractivity contribution in [3.8, 4) is 0 Å². The lowest BCUT2D eigenvalue weighted by molar-refractivity contribution is 0.0963. The minimum absolute atomic E-state index is 0.152. The molecule has 0 fully saturated rings. The summed E-state index contributed by atoms with van der Waals surface area (Å²) in [5.74, 6) is -0.152. The molecule has 0 aliphatic heterocycles. The maximum Gasteiger partial charge on any atom is 0.251 e. The molecule has 2 aromatic carbocycles. The molecule has 0 radical (unpaired) electrons. The first-order valence-electron chi connectivity index (χ1n) is 5.74. The van der Waals surface area contributed by atoms with Crippen LogP contribution in [0.1, 0.15) is 10.4 Å². The first kappa shape index (κ1) is 13.4. The molecule has 0 unspecified atom stereocenters. The summed E-state index contributed by atoms with van der Waals surface area (Å²) in [7, 11) is 1.59. The Balaban J connectivity index is 2.24. The molecule has 0 aliphatic rings. The van der Waals surface area contributed by atoms with Gasteiger partial charge in [0.05, 0.1) is 11.4 Å². The Morgan fingerprint density at radius 2 is 2.00 bits per heavy atom. The number of carbonyl (C=O) groups excluding carboxylic acids is 1. The summed E-state index contributed by atoms with van der Waals surface area (Å²) in [4.78, 5) is 11.5. The summed E-state index contributed by atoms with van der Waals surface area (Å²) in [6.07, 6.45) is 0. The number of amides is 1. The third kappa shape index (κ3) is 3.26. The number of nitrogens with two attached hydrogens (primary N) is 1. The van der Waals surface area contributed by atoms with Gasteiger partial charge in [0, 0.05) is 22.8 Å². The molecule has 4 N–H and O–H groups in total. The second-order valence-corrected chi connectivity index (χ2v) is 4.93. The smallest absolute Gasteiger partial charge is 0.251 e. The molecular formula is C14H14BrN3O. The molecule has 0 atom stereocenters.